The highest BCUT2D eigenvalue weighted by Gasteiger charge is 2.03. The Morgan fingerprint density at radius 1 is 0.933 bits per heavy atom. The molecular formula is C23H20Cl2N2O2S. The van der Waals surface area contributed by atoms with Gasteiger partial charge in [0.2, 0.25) is 5.91 Å². The Morgan fingerprint density at radius 3 is 2.23 bits per heavy atom. The minimum absolute atomic E-state index is 0.164. The maximum atomic E-state index is 11.9. The molecular weight excluding hydrogens is 439 g/mol. The van der Waals surface area contributed by atoms with E-state index in [0.717, 1.165) is 22.4 Å². The Hall–Kier alpha value is -2.47. The number of carbonyl (C=O) groups excluding carboxylic acids is 1. The van der Waals surface area contributed by atoms with Gasteiger partial charge in [-0.3, -0.25) is 4.79 Å². The van der Waals surface area contributed by atoms with Crippen LogP contribution < -0.4 is 10.2 Å². The van der Waals surface area contributed by atoms with Crippen LogP contribution >= 0.6 is 35.0 Å². The van der Waals surface area contributed by atoms with Crippen molar-refractivity contribution in [1.29, 1.82) is 0 Å². The number of carbonyl (C=O) groups is 1. The van der Waals surface area contributed by atoms with E-state index in [1.807, 2.05) is 72.8 Å². The molecule has 0 radical (unpaired) electrons. The van der Waals surface area contributed by atoms with Crippen LogP contribution in [0.25, 0.3) is 0 Å². The molecule has 7 heteroatoms. The fourth-order valence-corrected chi connectivity index (χ4v) is 3.80. The van der Waals surface area contributed by atoms with Gasteiger partial charge in [0.15, 0.2) is 0 Å². The highest BCUT2D eigenvalue weighted by molar-refractivity contribution is 7.99. The SMILES string of the molecule is O=C(CSCc1ccccc1Cl)N/N=C\c1ccc(OCc2ccccc2Cl)cc1. The molecule has 0 aliphatic carbocycles. The quantitative estimate of drug-likeness (QED) is 0.318. The third-order valence-electron chi connectivity index (χ3n) is 4.08. The second-order valence-electron chi connectivity index (χ2n) is 6.33. The molecule has 30 heavy (non-hydrogen) atoms. The van der Waals surface area contributed by atoms with E-state index in [-0.39, 0.29) is 5.91 Å². The fourth-order valence-electron chi connectivity index (χ4n) is 2.51. The van der Waals surface area contributed by atoms with Crippen LogP contribution in [0.1, 0.15) is 16.7 Å². The zero-order valence-corrected chi connectivity index (χ0v) is 18.4. The first-order valence-electron chi connectivity index (χ1n) is 9.21. The molecule has 0 saturated carbocycles. The average Bonchev–Trinajstić information content (AvgIpc) is 2.75. The zero-order chi connectivity index (χ0) is 21.2. The molecule has 1 amide bonds. The smallest absolute Gasteiger partial charge is 0.250 e. The van der Waals surface area contributed by atoms with Crippen molar-refractivity contribution < 1.29 is 9.53 Å². The Morgan fingerprint density at radius 2 is 1.57 bits per heavy atom. The fraction of sp³-hybridized carbons (Fsp3) is 0.130. The van der Waals surface area contributed by atoms with Crippen LogP contribution in [0.3, 0.4) is 0 Å². The van der Waals surface area contributed by atoms with Crippen LogP contribution in [0.4, 0.5) is 0 Å². The number of rotatable bonds is 9. The van der Waals surface area contributed by atoms with E-state index in [1.54, 1.807) is 6.21 Å². The van der Waals surface area contributed by atoms with Crippen LogP contribution in [0.15, 0.2) is 77.9 Å². The van der Waals surface area contributed by atoms with Gasteiger partial charge in [0.05, 0.1) is 12.0 Å². The van der Waals surface area contributed by atoms with Gasteiger partial charge in [0, 0.05) is 21.4 Å². The van der Waals surface area contributed by atoms with Gasteiger partial charge >= 0.3 is 0 Å². The number of hydrogen-bond acceptors (Lipinski definition) is 4. The summed E-state index contributed by atoms with van der Waals surface area (Å²) in [6, 6.07) is 22.6. The van der Waals surface area contributed by atoms with Crippen molar-refractivity contribution in [3.05, 3.63) is 99.5 Å². The monoisotopic (exact) mass is 458 g/mol. The number of hydrazone groups is 1. The highest BCUT2D eigenvalue weighted by atomic mass is 35.5. The van der Waals surface area contributed by atoms with Crippen molar-refractivity contribution >= 4 is 47.1 Å². The topological polar surface area (TPSA) is 50.7 Å². The van der Waals surface area contributed by atoms with Crippen LogP contribution in [-0.2, 0) is 17.2 Å². The highest BCUT2D eigenvalue weighted by Crippen LogP contribution is 2.21. The molecule has 0 atom stereocenters. The van der Waals surface area contributed by atoms with E-state index in [4.69, 9.17) is 27.9 Å². The number of thioether (sulfide) groups is 1. The number of hydrogen-bond donors (Lipinski definition) is 1. The van der Waals surface area contributed by atoms with Gasteiger partial charge in [0.1, 0.15) is 12.4 Å². The minimum Gasteiger partial charge on any atom is -0.489 e. The molecule has 1 N–H and O–H groups in total. The van der Waals surface area contributed by atoms with E-state index in [9.17, 15) is 4.79 Å². The lowest BCUT2D eigenvalue weighted by atomic mass is 10.2. The first-order chi connectivity index (χ1) is 14.6. The molecule has 4 nitrogen and oxygen atoms in total. The van der Waals surface area contributed by atoms with Gasteiger partial charge < -0.3 is 4.74 Å². The molecule has 0 spiro atoms. The van der Waals surface area contributed by atoms with Crippen LogP contribution in [0.2, 0.25) is 10.0 Å². The lowest BCUT2D eigenvalue weighted by Crippen LogP contribution is -2.19. The average molecular weight is 459 g/mol. The summed E-state index contributed by atoms with van der Waals surface area (Å²) in [5, 5.41) is 5.39. The normalized spacial score (nSPS) is 10.9. The second kappa shape index (κ2) is 11.6. The van der Waals surface area contributed by atoms with Gasteiger partial charge in [-0.2, -0.15) is 5.10 Å². The zero-order valence-electron chi connectivity index (χ0n) is 16.1. The number of halogens is 2. The van der Waals surface area contributed by atoms with Crippen molar-refractivity contribution in [2.75, 3.05) is 5.75 Å². The Balaban J connectivity index is 1.40. The van der Waals surface area contributed by atoms with Crippen molar-refractivity contribution in [3.8, 4) is 5.75 Å². The van der Waals surface area contributed by atoms with Gasteiger partial charge in [0.25, 0.3) is 0 Å². The molecule has 0 bridgehead atoms. The Labute approximate surface area is 190 Å². The van der Waals surface area contributed by atoms with Gasteiger partial charge in [-0.1, -0.05) is 59.6 Å². The largest absolute Gasteiger partial charge is 0.489 e. The number of benzene rings is 3. The second-order valence-corrected chi connectivity index (χ2v) is 8.13. The van der Waals surface area contributed by atoms with Gasteiger partial charge in [-0.15, -0.1) is 11.8 Å². The predicted octanol–water partition coefficient (Wildman–Crippen LogP) is 5.96. The summed E-state index contributed by atoms with van der Waals surface area (Å²) in [6.07, 6.45) is 1.59. The van der Waals surface area contributed by atoms with Crippen molar-refractivity contribution in [2.24, 2.45) is 5.10 Å². The molecule has 3 aromatic carbocycles. The van der Waals surface area contributed by atoms with E-state index < -0.39 is 0 Å². The third-order valence-corrected chi connectivity index (χ3v) is 5.80. The first-order valence-corrected chi connectivity index (χ1v) is 11.1. The molecule has 3 rings (SSSR count). The summed E-state index contributed by atoms with van der Waals surface area (Å²) >= 11 is 13.7. The van der Waals surface area contributed by atoms with E-state index in [2.05, 4.69) is 10.5 Å². The van der Waals surface area contributed by atoms with E-state index in [1.165, 1.54) is 11.8 Å². The predicted molar refractivity (Wildman–Crippen MR) is 126 cm³/mol. The summed E-state index contributed by atoms with van der Waals surface area (Å²) in [4.78, 5) is 11.9. The van der Waals surface area contributed by atoms with Gasteiger partial charge in [-0.25, -0.2) is 5.43 Å². The number of nitrogens with zero attached hydrogens (tertiary/aromatic N) is 1. The molecule has 0 fully saturated rings. The molecule has 154 valence electrons. The number of nitrogens with one attached hydrogen (secondary N) is 1. The summed E-state index contributed by atoms with van der Waals surface area (Å²) in [5.41, 5.74) is 5.32. The summed E-state index contributed by atoms with van der Waals surface area (Å²) < 4.78 is 5.75. The van der Waals surface area contributed by atoms with E-state index >= 15 is 0 Å². The number of amides is 1. The molecule has 0 heterocycles. The summed E-state index contributed by atoms with van der Waals surface area (Å²) in [5.74, 6) is 1.54. The summed E-state index contributed by atoms with van der Waals surface area (Å²) in [6.45, 7) is 0.398. The number of ether oxygens (including phenoxy) is 1. The van der Waals surface area contributed by atoms with E-state index in [0.29, 0.717) is 28.2 Å². The lowest BCUT2D eigenvalue weighted by Gasteiger charge is -2.07. The minimum atomic E-state index is -0.164. The van der Waals surface area contributed by atoms with Crippen LogP contribution in [0, 0.1) is 0 Å². The molecule has 0 unspecified atom stereocenters. The maximum absolute atomic E-state index is 11.9. The lowest BCUT2D eigenvalue weighted by molar-refractivity contribution is -0.118. The van der Waals surface area contributed by atoms with Gasteiger partial charge in [-0.05, 0) is 47.5 Å². The first kappa shape index (κ1) is 22.2. The molecule has 0 aliphatic rings. The van der Waals surface area contributed by atoms with Crippen molar-refractivity contribution in [1.82, 2.24) is 5.43 Å². The summed E-state index contributed by atoms with van der Waals surface area (Å²) in [7, 11) is 0. The Bertz CT molecular complexity index is 1010. The molecule has 3 aromatic rings. The Kier molecular flexibility index (Phi) is 8.63. The van der Waals surface area contributed by atoms with Crippen LogP contribution in [0.5, 0.6) is 5.75 Å². The molecule has 0 aromatic heterocycles. The molecule has 0 saturated heterocycles. The maximum Gasteiger partial charge on any atom is 0.250 e. The third kappa shape index (κ3) is 7.10. The van der Waals surface area contributed by atoms with Crippen LogP contribution in [-0.4, -0.2) is 17.9 Å². The molecule has 0 aliphatic heterocycles. The van der Waals surface area contributed by atoms with Crippen molar-refractivity contribution in [3.63, 3.8) is 0 Å². The standard InChI is InChI=1S/C23H20Cl2N2O2S/c24-21-7-3-1-5-18(21)14-29-20-11-9-17(10-12-20)13-26-27-23(28)16-30-15-19-6-2-4-8-22(19)25/h1-13H,14-16H2,(H,27,28)/b26-13-. The van der Waals surface area contributed by atoms with Crippen molar-refractivity contribution in [2.45, 2.75) is 12.4 Å².